The molecule has 0 unspecified atom stereocenters. The first-order chi connectivity index (χ1) is 18.1. The van der Waals surface area contributed by atoms with E-state index < -0.39 is 0 Å². The van der Waals surface area contributed by atoms with E-state index >= 15 is 0 Å². The van der Waals surface area contributed by atoms with Crippen molar-refractivity contribution in [1.82, 2.24) is 4.98 Å². The molecule has 37 heavy (non-hydrogen) atoms. The number of rotatable bonds is 4. The van der Waals surface area contributed by atoms with Gasteiger partial charge in [-0.15, -0.1) is 0 Å². The van der Waals surface area contributed by atoms with Crippen LogP contribution in [0.5, 0.6) is 0 Å². The first kappa shape index (κ1) is 26.5. The molecule has 1 aromatic heterocycles. The van der Waals surface area contributed by atoms with Crippen molar-refractivity contribution < 1.29 is 0 Å². The average molecular weight is 488 g/mol. The third kappa shape index (κ3) is 6.05. The first-order valence-corrected chi connectivity index (χ1v) is 13.9. The lowest BCUT2D eigenvalue weighted by atomic mass is 9.74. The minimum Gasteiger partial charge on any atom is -0.358 e. The predicted molar refractivity (Wildman–Crippen MR) is 167 cm³/mol. The maximum atomic E-state index is 3.69. The van der Waals surface area contributed by atoms with Crippen LogP contribution >= 0.6 is 0 Å². The SMILES string of the molecule is C=C/C=C/C=C/C.CC1CC(c2cc3c(ccc4c5cc6ccccc6cc5ccc34)[nH]2)C1.CCCC. The first-order valence-electron chi connectivity index (χ1n) is 13.9. The smallest absolute Gasteiger partial charge is 0.0462 e. The van der Waals surface area contributed by atoms with E-state index in [1.165, 1.54) is 74.6 Å². The molecule has 0 atom stereocenters. The zero-order valence-electron chi connectivity index (χ0n) is 22.9. The van der Waals surface area contributed by atoms with Gasteiger partial charge in [-0.1, -0.05) is 113 Å². The molecule has 0 saturated heterocycles. The summed E-state index contributed by atoms with van der Waals surface area (Å²) >= 11 is 0. The molecule has 1 saturated carbocycles. The molecule has 4 aromatic carbocycles. The minimum atomic E-state index is 0.719. The Morgan fingerprint density at radius 3 is 2.08 bits per heavy atom. The van der Waals surface area contributed by atoms with Gasteiger partial charge in [-0.05, 0) is 88.2 Å². The fourth-order valence-corrected chi connectivity index (χ4v) is 5.09. The molecule has 1 aliphatic rings. The Bertz CT molecular complexity index is 1540. The molecule has 1 heterocycles. The summed E-state index contributed by atoms with van der Waals surface area (Å²) in [5, 5.41) is 9.37. The Kier molecular flexibility index (Phi) is 9.01. The second kappa shape index (κ2) is 12.6. The highest BCUT2D eigenvalue weighted by Crippen LogP contribution is 2.42. The number of fused-ring (bicyclic) bond motifs is 6. The van der Waals surface area contributed by atoms with Gasteiger partial charge in [-0.2, -0.15) is 0 Å². The van der Waals surface area contributed by atoms with Crippen molar-refractivity contribution in [3.63, 3.8) is 0 Å². The number of H-pyrrole nitrogens is 1. The topological polar surface area (TPSA) is 15.8 Å². The van der Waals surface area contributed by atoms with E-state index in [1.807, 2.05) is 31.2 Å². The summed E-state index contributed by atoms with van der Waals surface area (Å²) in [4.78, 5) is 3.69. The van der Waals surface area contributed by atoms with Crippen LogP contribution in [0.4, 0.5) is 0 Å². The second-order valence-corrected chi connectivity index (χ2v) is 10.3. The molecule has 190 valence electrons. The highest BCUT2D eigenvalue weighted by atomic mass is 14.7. The Morgan fingerprint density at radius 1 is 0.757 bits per heavy atom. The van der Waals surface area contributed by atoms with E-state index in [0.29, 0.717) is 0 Å². The van der Waals surface area contributed by atoms with Gasteiger partial charge < -0.3 is 4.98 Å². The van der Waals surface area contributed by atoms with Crippen LogP contribution < -0.4 is 0 Å². The standard InChI is InChI=1S/C25H21N.C7H10.C4H10/c1-15-10-19(11-15)25-14-23-21-7-6-18-12-16-4-2-3-5-17(16)13-22(18)20(21)8-9-24(23)26-25;1-3-5-7-6-4-2;1-3-4-2/h2-9,12-15,19,26H,10-11H2,1H3;3-7H,1H2,2H3;3-4H2,1-2H3/b;6-4+,7-5+;. The average Bonchev–Trinajstić information content (AvgIpc) is 3.35. The van der Waals surface area contributed by atoms with E-state index in [1.54, 1.807) is 6.08 Å². The third-order valence-corrected chi connectivity index (χ3v) is 7.37. The van der Waals surface area contributed by atoms with Gasteiger partial charge in [0.1, 0.15) is 0 Å². The van der Waals surface area contributed by atoms with Crippen LogP contribution in [-0.2, 0) is 0 Å². The molecule has 6 rings (SSSR count). The number of hydrogen-bond acceptors (Lipinski definition) is 0. The van der Waals surface area contributed by atoms with Crippen molar-refractivity contribution in [1.29, 1.82) is 0 Å². The van der Waals surface area contributed by atoms with Crippen LogP contribution in [0.2, 0.25) is 0 Å². The van der Waals surface area contributed by atoms with Crippen LogP contribution in [0.3, 0.4) is 0 Å². The maximum absolute atomic E-state index is 3.69. The van der Waals surface area contributed by atoms with E-state index in [4.69, 9.17) is 0 Å². The lowest BCUT2D eigenvalue weighted by Crippen LogP contribution is -2.18. The molecule has 0 spiro atoms. The normalized spacial score (nSPS) is 17.1. The van der Waals surface area contributed by atoms with Crippen LogP contribution in [0.25, 0.3) is 43.2 Å². The zero-order chi connectivity index (χ0) is 26.2. The number of hydrogen-bond donors (Lipinski definition) is 1. The summed E-state index contributed by atoms with van der Waals surface area (Å²) in [6.45, 7) is 12.2. The van der Waals surface area contributed by atoms with Crippen molar-refractivity contribution in [2.45, 2.75) is 59.3 Å². The summed E-state index contributed by atoms with van der Waals surface area (Å²) in [5.74, 6) is 1.59. The molecule has 1 fully saturated rings. The highest BCUT2D eigenvalue weighted by molar-refractivity contribution is 6.19. The molecular formula is C36H41N. The molecular weight excluding hydrogens is 446 g/mol. The third-order valence-electron chi connectivity index (χ3n) is 7.37. The second-order valence-electron chi connectivity index (χ2n) is 10.3. The summed E-state index contributed by atoms with van der Waals surface area (Å²) in [6.07, 6.45) is 14.8. The Balaban J connectivity index is 0.000000249. The molecule has 1 nitrogen and oxygen atoms in total. The molecule has 0 amide bonds. The van der Waals surface area contributed by atoms with Gasteiger partial charge in [0.2, 0.25) is 0 Å². The van der Waals surface area contributed by atoms with Crippen molar-refractivity contribution in [2.24, 2.45) is 5.92 Å². The minimum absolute atomic E-state index is 0.719. The number of benzene rings is 4. The summed E-state index contributed by atoms with van der Waals surface area (Å²) in [7, 11) is 0. The molecule has 0 bridgehead atoms. The van der Waals surface area contributed by atoms with Gasteiger partial charge in [0.05, 0.1) is 0 Å². The molecule has 1 aliphatic carbocycles. The van der Waals surface area contributed by atoms with Gasteiger partial charge in [0.15, 0.2) is 0 Å². The molecule has 0 aliphatic heterocycles. The number of nitrogens with one attached hydrogen (secondary N) is 1. The lowest BCUT2D eigenvalue weighted by Gasteiger charge is -2.31. The summed E-state index contributed by atoms with van der Waals surface area (Å²) < 4.78 is 0. The monoisotopic (exact) mass is 487 g/mol. The van der Waals surface area contributed by atoms with Crippen LogP contribution in [0.1, 0.15) is 65.0 Å². The van der Waals surface area contributed by atoms with Gasteiger partial charge >= 0.3 is 0 Å². The quantitative estimate of drug-likeness (QED) is 0.147. The number of unbranched alkanes of at least 4 members (excludes halogenated alkanes) is 1. The molecule has 1 N–H and O–H groups in total. The molecule has 5 aromatic rings. The number of aromatic amines is 1. The Hall–Kier alpha value is -3.58. The maximum Gasteiger partial charge on any atom is 0.0462 e. The fraction of sp³-hybridized carbons (Fsp3) is 0.278. The van der Waals surface area contributed by atoms with Gasteiger partial charge in [-0.25, -0.2) is 0 Å². The molecule has 0 radical (unpaired) electrons. The fourth-order valence-electron chi connectivity index (χ4n) is 5.09. The van der Waals surface area contributed by atoms with E-state index in [0.717, 1.165) is 11.8 Å². The molecule has 1 heteroatoms. The summed E-state index contributed by atoms with van der Waals surface area (Å²) in [6, 6.07) is 24.8. The van der Waals surface area contributed by atoms with E-state index in [9.17, 15) is 0 Å². The number of allylic oxidation sites excluding steroid dienone is 5. The van der Waals surface area contributed by atoms with Crippen molar-refractivity contribution in [2.75, 3.05) is 0 Å². The van der Waals surface area contributed by atoms with Gasteiger partial charge in [-0.3, -0.25) is 0 Å². The van der Waals surface area contributed by atoms with E-state index in [-0.39, 0.29) is 0 Å². The number of aromatic nitrogens is 1. The van der Waals surface area contributed by atoms with E-state index in [2.05, 4.69) is 99.1 Å². The largest absolute Gasteiger partial charge is 0.358 e. The van der Waals surface area contributed by atoms with Crippen LogP contribution in [-0.4, -0.2) is 4.98 Å². The summed E-state index contributed by atoms with van der Waals surface area (Å²) in [5.41, 5.74) is 2.69. The van der Waals surface area contributed by atoms with Crippen molar-refractivity contribution >= 4 is 43.2 Å². The van der Waals surface area contributed by atoms with Crippen molar-refractivity contribution in [3.8, 4) is 0 Å². The van der Waals surface area contributed by atoms with Crippen LogP contribution in [0.15, 0.2) is 104 Å². The van der Waals surface area contributed by atoms with Gasteiger partial charge in [0, 0.05) is 16.6 Å². The van der Waals surface area contributed by atoms with Crippen molar-refractivity contribution in [3.05, 3.63) is 109 Å². The highest BCUT2D eigenvalue weighted by Gasteiger charge is 2.28. The predicted octanol–water partition coefficient (Wildman–Crippen LogP) is 11.3. The van der Waals surface area contributed by atoms with Gasteiger partial charge in [0.25, 0.3) is 0 Å². The Labute approximate surface area is 222 Å². The van der Waals surface area contributed by atoms with Crippen LogP contribution in [0, 0.1) is 5.92 Å². The Morgan fingerprint density at radius 2 is 1.43 bits per heavy atom. The zero-order valence-corrected chi connectivity index (χ0v) is 22.9. The lowest BCUT2D eigenvalue weighted by molar-refractivity contribution is 0.284.